The lowest BCUT2D eigenvalue weighted by molar-refractivity contribution is -0.203. The number of amides is 3. The fraction of sp³-hybridized carbons (Fsp3) is 0.762. The summed E-state index contributed by atoms with van der Waals surface area (Å²) < 4.78 is 12.4. The van der Waals surface area contributed by atoms with Crippen molar-refractivity contribution in [3.8, 4) is 6.07 Å². The molecule has 1 saturated heterocycles. The summed E-state index contributed by atoms with van der Waals surface area (Å²) in [4.78, 5) is 45.3. The van der Waals surface area contributed by atoms with E-state index in [1.807, 2.05) is 36.1 Å². The molecule has 16 nitrogen and oxygen atoms in total. The van der Waals surface area contributed by atoms with Gasteiger partial charge in [0, 0.05) is 37.6 Å². The summed E-state index contributed by atoms with van der Waals surface area (Å²) >= 11 is 0. The van der Waals surface area contributed by atoms with Crippen LogP contribution in [0.5, 0.6) is 0 Å². The SMILES string of the molecule is CCN(Cc1ccc(CN(CCOC23CC4C[C@H](C2)CC([C@H](NC(=O)OC(C)(C)C)C(=O)N2[C@H](C#N)C[C@@H]5C[C@@H]52)(C4)C3)C(=O)O)cc1)C[C@H](O)[C@@H](O)[C@H](O)[C@H](O)CO. The third-order valence-electron chi connectivity index (χ3n) is 13.1. The van der Waals surface area contributed by atoms with Gasteiger partial charge in [-0.3, -0.25) is 9.69 Å². The highest BCUT2D eigenvalue weighted by atomic mass is 16.6. The molecule has 1 aliphatic heterocycles. The normalized spacial score (nSPS) is 30.8. The number of likely N-dealkylation sites (N-methyl/N-ethyl adjacent to an activating group) is 1. The van der Waals surface area contributed by atoms with Gasteiger partial charge in [-0.25, -0.2) is 9.59 Å². The van der Waals surface area contributed by atoms with Crippen LogP contribution in [-0.2, 0) is 27.4 Å². The van der Waals surface area contributed by atoms with Crippen molar-refractivity contribution in [3.05, 3.63) is 35.4 Å². The molecule has 6 aliphatic rings. The number of benzene rings is 1. The number of hydrogen-bond acceptors (Lipinski definition) is 12. The van der Waals surface area contributed by atoms with Gasteiger partial charge < -0.3 is 55.2 Å². The molecule has 7 N–H and O–H groups in total. The number of alkyl carbamates (subject to hydrolysis) is 1. The number of nitriles is 1. The number of nitrogens with zero attached hydrogens (tertiary/aromatic N) is 4. The zero-order valence-corrected chi connectivity index (χ0v) is 34.2. The lowest BCUT2D eigenvalue weighted by atomic mass is 9.46. The van der Waals surface area contributed by atoms with E-state index in [0.29, 0.717) is 31.8 Å². The van der Waals surface area contributed by atoms with Gasteiger partial charge in [0.1, 0.15) is 36.0 Å². The average Bonchev–Trinajstić information content (AvgIpc) is 3.82. The predicted octanol–water partition coefficient (Wildman–Crippen LogP) is 2.19. The van der Waals surface area contributed by atoms with E-state index in [-0.39, 0.29) is 50.0 Å². The number of piperidine rings is 1. The summed E-state index contributed by atoms with van der Waals surface area (Å²) in [5, 5.41) is 72.5. The third kappa shape index (κ3) is 9.89. The Bertz CT molecular complexity index is 1650. The molecule has 6 fully saturated rings. The molecule has 0 aromatic heterocycles. The van der Waals surface area contributed by atoms with Crippen LogP contribution in [0.4, 0.5) is 9.59 Å². The quantitative estimate of drug-likeness (QED) is 0.113. The number of carboxylic acid groups (broad SMARTS) is 1. The molecule has 5 saturated carbocycles. The van der Waals surface area contributed by atoms with Crippen LogP contribution in [0.2, 0.25) is 0 Å². The monoisotopic (exact) mass is 813 g/mol. The maximum atomic E-state index is 14.6. The third-order valence-corrected chi connectivity index (χ3v) is 13.1. The van der Waals surface area contributed by atoms with E-state index in [0.717, 1.165) is 49.7 Å². The second-order valence-electron chi connectivity index (χ2n) is 18.8. The number of fused-ring (bicyclic) bond motifs is 1. The van der Waals surface area contributed by atoms with Crippen LogP contribution in [-0.4, -0.2) is 150 Å². The van der Waals surface area contributed by atoms with E-state index in [9.17, 15) is 45.2 Å². The number of rotatable bonds is 18. The smallest absolute Gasteiger partial charge is 0.408 e. The van der Waals surface area contributed by atoms with E-state index < -0.39 is 71.9 Å². The highest BCUT2D eigenvalue weighted by molar-refractivity contribution is 5.88. The fourth-order valence-electron chi connectivity index (χ4n) is 10.8. The lowest BCUT2D eigenvalue weighted by Crippen LogP contribution is -2.67. The Morgan fingerprint density at radius 2 is 1.59 bits per heavy atom. The molecular weight excluding hydrogens is 750 g/mol. The highest BCUT2D eigenvalue weighted by Gasteiger charge is 2.64. The zero-order chi connectivity index (χ0) is 42.2. The average molecular weight is 814 g/mol. The maximum Gasteiger partial charge on any atom is 0.408 e. The Hall–Kier alpha value is -3.56. The molecule has 1 heterocycles. The van der Waals surface area contributed by atoms with Gasteiger partial charge in [0.15, 0.2) is 0 Å². The van der Waals surface area contributed by atoms with Crippen LogP contribution in [0.15, 0.2) is 24.3 Å². The summed E-state index contributed by atoms with van der Waals surface area (Å²) in [6, 6.07) is 8.37. The van der Waals surface area contributed by atoms with E-state index in [4.69, 9.17) is 14.6 Å². The molecule has 0 radical (unpaired) electrons. The van der Waals surface area contributed by atoms with Crippen LogP contribution in [0.3, 0.4) is 0 Å². The summed E-state index contributed by atoms with van der Waals surface area (Å²) in [6.45, 7) is 7.80. The van der Waals surface area contributed by atoms with E-state index in [1.54, 1.807) is 25.7 Å². The Labute approximate surface area is 340 Å². The van der Waals surface area contributed by atoms with Gasteiger partial charge in [0.2, 0.25) is 5.91 Å². The molecule has 1 aromatic carbocycles. The predicted molar refractivity (Wildman–Crippen MR) is 209 cm³/mol. The van der Waals surface area contributed by atoms with Crippen molar-refractivity contribution in [2.45, 2.75) is 146 Å². The largest absolute Gasteiger partial charge is 0.465 e. The van der Waals surface area contributed by atoms with Crippen LogP contribution < -0.4 is 5.32 Å². The van der Waals surface area contributed by atoms with Gasteiger partial charge in [0.05, 0.1) is 31.0 Å². The van der Waals surface area contributed by atoms with Crippen molar-refractivity contribution in [1.82, 2.24) is 20.0 Å². The number of nitrogens with one attached hydrogen (secondary N) is 1. The number of hydrogen-bond donors (Lipinski definition) is 7. The molecule has 4 bridgehead atoms. The zero-order valence-electron chi connectivity index (χ0n) is 34.2. The minimum Gasteiger partial charge on any atom is -0.465 e. The van der Waals surface area contributed by atoms with E-state index in [1.165, 1.54) is 4.90 Å². The van der Waals surface area contributed by atoms with Gasteiger partial charge in [0.25, 0.3) is 0 Å². The Balaban J connectivity index is 1.09. The van der Waals surface area contributed by atoms with Gasteiger partial charge >= 0.3 is 12.2 Å². The molecule has 322 valence electrons. The van der Waals surface area contributed by atoms with E-state index >= 15 is 0 Å². The first-order valence-electron chi connectivity index (χ1n) is 20.8. The summed E-state index contributed by atoms with van der Waals surface area (Å²) in [7, 11) is 0. The lowest BCUT2D eigenvalue weighted by Gasteiger charge is -2.63. The fourth-order valence-corrected chi connectivity index (χ4v) is 10.8. The van der Waals surface area contributed by atoms with Gasteiger partial charge in [-0.15, -0.1) is 0 Å². The van der Waals surface area contributed by atoms with Gasteiger partial charge in [-0.05, 0) is 108 Å². The number of ether oxygens (including phenoxy) is 2. The number of aliphatic hydroxyl groups excluding tert-OH is 5. The minimum absolute atomic E-state index is 0.00370. The van der Waals surface area contributed by atoms with Crippen LogP contribution in [0.1, 0.15) is 90.2 Å². The molecule has 12 atom stereocenters. The topological polar surface area (TPSA) is 237 Å². The first-order chi connectivity index (χ1) is 27.4. The van der Waals surface area contributed by atoms with Crippen molar-refractivity contribution < 1.29 is 54.5 Å². The number of carbonyl (C=O) groups excluding carboxylic acids is 2. The van der Waals surface area contributed by atoms with Crippen molar-refractivity contribution >= 4 is 18.1 Å². The standard InChI is InChI=1S/C42H63N5O11/c1-5-45(22-32(49)34(51)35(52)33(50)23-48)20-25-6-8-26(9-7-25)21-46(39(55)56)10-11-57-42-17-27-12-28(18-42)16-41(15-27,24-42)36(44-38(54)58-40(2,3)4)37(53)47-30(19-43)13-29-14-31(29)47/h6-9,27-36,48-52H,5,10-18,20-24H2,1-4H3,(H,44,54)(H,55,56)/t27-,28?,29+,30-,31-,32-,33+,34+,35+,36+,41?,42?/m0/s1. The molecule has 7 rings (SSSR count). The summed E-state index contributed by atoms with van der Waals surface area (Å²) in [5.41, 5.74) is -0.278. The first-order valence-corrected chi connectivity index (χ1v) is 20.8. The minimum atomic E-state index is -1.70. The molecule has 5 aliphatic carbocycles. The summed E-state index contributed by atoms with van der Waals surface area (Å²) in [6.07, 6.45) is -1.84. The van der Waals surface area contributed by atoms with Crippen molar-refractivity contribution in [2.24, 2.45) is 23.2 Å². The highest BCUT2D eigenvalue weighted by Crippen LogP contribution is 2.64. The number of likely N-dealkylation sites (tertiary alicyclic amines) is 1. The molecule has 58 heavy (non-hydrogen) atoms. The molecule has 0 spiro atoms. The van der Waals surface area contributed by atoms with Crippen molar-refractivity contribution in [2.75, 3.05) is 32.8 Å². The molecule has 3 amide bonds. The van der Waals surface area contributed by atoms with E-state index in [2.05, 4.69) is 11.4 Å². The van der Waals surface area contributed by atoms with Crippen LogP contribution >= 0.6 is 0 Å². The number of aliphatic hydroxyl groups is 5. The molecular formula is C42H63N5O11. The van der Waals surface area contributed by atoms with Crippen molar-refractivity contribution in [1.29, 1.82) is 5.26 Å². The second-order valence-corrected chi connectivity index (χ2v) is 18.8. The Kier molecular flexibility index (Phi) is 13.3. The maximum absolute atomic E-state index is 14.6. The van der Waals surface area contributed by atoms with Gasteiger partial charge in [-0.2, -0.15) is 5.26 Å². The Morgan fingerprint density at radius 3 is 2.16 bits per heavy atom. The molecule has 3 unspecified atom stereocenters. The van der Waals surface area contributed by atoms with Crippen LogP contribution in [0, 0.1) is 34.5 Å². The second kappa shape index (κ2) is 17.6. The van der Waals surface area contributed by atoms with Crippen molar-refractivity contribution in [3.63, 3.8) is 0 Å². The Morgan fingerprint density at radius 1 is 0.966 bits per heavy atom. The first kappa shape index (κ1) is 44.0. The molecule has 1 aromatic rings. The summed E-state index contributed by atoms with van der Waals surface area (Å²) in [5.74, 6) is 0.684. The van der Waals surface area contributed by atoms with Gasteiger partial charge in [-0.1, -0.05) is 31.2 Å². The molecule has 16 heteroatoms. The number of carbonyl (C=O) groups is 3. The van der Waals surface area contributed by atoms with Crippen LogP contribution in [0.25, 0.3) is 0 Å².